The standard InChI is InChI=1S/C23H34N2O5/c1-14-10-15(19(26)29-21(2,3)4)11-17-18(14)16(25-20(27)30-22(5,6)7)12-23(28-17)8-9-24-13-23/h10-11,16,24H,8-9,12-13H2,1-7H3,(H,25,27). The molecule has 2 aliphatic heterocycles. The van der Waals surface area contributed by atoms with Gasteiger partial charge in [0.2, 0.25) is 0 Å². The number of hydrogen-bond donors (Lipinski definition) is 2. The number of benzene rings is 1. The van der Waals surface area contributed by atoms with E-state index in [4.69, 9.17) is 14.2 Å². The fourth-order valence-corrected chi connectivity index (χ4v) is 4.06. The second kappa shape index (κ2) is 7.76. The summed E-state index contributed by atoms with van der Waals surface area (Å²) in [6.45, 7) is 14.5. The van der Waals surface area contributed by atoms with Crippen LogP contribution < -0.4 is 15.4 Å². The third-order valence-corrected chi connectivity index (χ3v) is 5.13. The summed E-state index contributed by atoms with van der Waals surface area (Å²) in [7, 11) is 0. The Kier molecular flexibility index (Phi) is 5.80. The van der Waals surface area contributed by atoms with E-state index in [-0.39, 0.29) is 6.04 Å². The molecule has 2 heterocycles. The predicted octanol–water partition coefficient (Wildman–Crippen LogP) is 4.03. The van der Waals surface area contributed by atoms with Gasteiger partial charge in [-0.3, -0.25) is 0 Å². The molecule has 1 amide bonds. The van der Waals surface area contributed by atoms with Gasteiger partial charge in [0.1, 0.15) is 22.6 Å². The lowest BCUT2D eigenvalue weighted by Crippen LogP contribution is -2.47. The maximum Gasteiger partial charge on any atom is 0.408 e. The van der Waals surface area contributed by atoms with Crippen LogP contribution >= 0.6 is 0 Å². The molecule has 7 heteroatoms. The zero-order valence-corrected chi connectivity index (χ0v) is 19.1. The lowest BCUT2D eigenvalue weighted by Gasteiger charge is -2.40. The monoisotopic (exact) mass is 418 g/mol. The van der Waals surface area contributed by atoms with Gasteiger partial charge in [0.05, 0.1) is 11.6 Å². The quantitative estimate of drug-likeness (QED) is 0.706. The molecule has 3 rings (SSSR count). The normalized spacial score (nSPS) is 23.5. The van der Waals surface area contributed by atoms with Crippen LogP contribution in [0.2, 0.25) is 0 Å². The van der Waals surface area contributed by atoms with E-state index in [2.05, 4.69) is 10.6 Å². The molecule has 1 spiro atoms. The molecule has 0 aromatic heterocycles. The highest BCUT2D eigenvalue weighted by Gasteiger charge is 2.45. The Morgan fingerprint density at radius 2 is 1.80 bits per heavy atom. The van der Waals surface area contributed by atoms with Crippen LogP contribution in [-0.2, 0) is 9.47 Å². The molecule has 0 radical (unpaired) electrons. The van der Waals surface area contributed by atoms with E-state index in [0.717, 1.165) is 24.1 Å². The van der Waals surface area contributed by atoms with Gasteiger partial charge in [-0.1, -0.05) is 0 Å². The first-order valence-corrected chi connectivity index (χ1v) is 10.5. The maximum atomic E-state index is 12.6. The third kappa shape index (κ3) is 5.25. The summed E-state index contributed by atoms with van der Waals surface area (Å²) in [6, 6.07) is 3.26. The van der Waals surface area contributed by atoms with E-state index < -0.39 is 28.9 Å². The molecule has 2 unspecified atom stereocenters. The second-order valence-corrected chi connectivity index (χ2v) is 10.3. The van der Waals surface area contributed by atoms with Crippen LogP contribution in [0.1, 0.15) is 81.9 Å². The van der Waals surface area contributed by atoms with Gasteiger partial charge in [0.15, 0.2) is 0 Å². The van der Waals surface area contributed by atoms with Crippen molar-refractivity contribution in [3.8, 4) is 5.75 Å². The van der Waals surface area contributed by atoms with Gasteiger partial charge in [0, 0.05) is 24.9 Å². The average molecular weight is 419 g/mol. The van der Waals surface area contributed by atoms with Crippen LogP contribution in [0.3, 0.4) is 0 Å². The van der Waals surface area contributed by atoms with Crippen LogP contribution in [0.15, 0.2) is 12.1 Å². The number of carbonyl (C=O) groups is 2. The van der Waals surface area contributed by atoms with E-state index in [1.807, 2.05) is 48.5 Å². The average Bonchev–Trinajstić information content (AvgIpc) is 2.97. The summed E-state index contributed by atoms with van der Waals surface area (Å²) in [5, 5.41) is 6.37. The van der Waals surface area contributed by atoms with Gasteiger partial charge >= 0.3 is 12.1 Å². The summed E-state index contributed by atoms with van der Waals surface area (Å²) in [4.78, 5) is 25.2. The highest BCUT2D eigenvalue weighted by Crippen LogP contribution is 2.44. The number of carbonyl (C=O) groups excluding carboxylic acids is 2. The van der Waals surface area contributed by atoms with Crippen LogP contribution in [0.4, 0.5) is 4.79 Å². The van der Waals surface area contributed by atoms with Gasteiger partial charge in [-0.2, -0.15) is 0 Å². The number of aryl methyl sites for hydroxylation is 1. The molecule has 0 saturated carbocycles. The minimum atomic E-state index is -0.584. The maximum absolute atomic E-state index is 12.6. The number of esters is 1. The molecule has 1 aromatic carbocycles. The first-order chi connectivity index (χ1) is 13.8. The van der Waals surface area contributed by atoms with Gasteiger partial charge in [-0.25, -0.2) is 9.59 Å². The SMILES string of the molecule is Cc1cc(C(=O)OC(C)(C)C)cc2c1C(NC(=O)OC(C)(C)C)CC1(CCNC1)O2. The van der Waals surface area contributed by atoms with E-state index >= 15 is 0 Å². The Labute approximate surface area is 178 Å². The largest absolute Gasteiger partial charge is 0.485 e. The highest BCUT2D eigenvalue weighted by molar-refractivity contribution is 5.91. The summed E-state index contributed by atoms with van der Waals surface area (Å²) in [5.74, 6) is 0.227. The number of alkyl carbamates (subject to hydrolysis) is 1. The van der Waals surface area contributed by atoms with E-state index in [1.165, 1.54) is 0 Å². The number of fused-ring (bicyclic) bond motifs is 1. The summed E-state index contributed by atoms with van der Waals surface area (Å²) in [5.41, 5.74) is 0.603. The second-order valence-electron chi connectivity index (χ2n) is 10.3. The van der Waals surface area contributed by atoms with Crippen molar-refractivity contribution in [3.05, 3.63) is 28.8 Å². The van der Waals surface area contributed by atoms with Crippen molar-refractivity contribution >= 4 is 12.1 Å². The smallest absolute Gasteiger partial charge is 0.408 e. The lowest BCUT2D eigenvalue weighted by molar-refractivity contribution is 0.00638. The Morgan fingerprint density at radius 3 is 2.37 bits per heavy atom. The summed E-state index contributed by atoms with van der Waals surface area (Å²) in [6.07, 6.45) is 1.00. The predicted molar refractivity (Wildman–Crippen MR) is 114 cm³/mol. The zero-order chi connectivity index (χ0) is 22.3. The molecule has 2 atom stereocenters. The van der Waals surface area contributed by atoms with Crippen LogP contribution in [0, 0.1) is 6.92 Å². The minimum absolute atomic E-state index is 0.267. The van der Waals surface area contributed by atoms with Gasteiger partial charge < -0.3 is 24.8 Å². The number of amides is 1. The van der Waals surface area contributed by atoms with Crippen molar-refractivity contribution in [2.24, 2.45) is 0 Å². The molecule has 0 aliphatic carbocycles. The number of rotatable bonds is 2. The lowest BCUT2D eigenvalue weighted by atomic mass is 9.84. The molecule has 166 valence electrons. The number of hydrogen-bond acceptors (Lipinski definition) is 6. The third-order valence-electron chi connectivity index (χ3n) is 5.13. The molecule has 7 nitrogen and oxygen atoms in total. The van der Waals surface area contributed by atoms with Crippen molar-refractivity contribution in [2.45, 2.75) is 84.2 Å². The first kappa shape index (κ1) is 22.4. The molecule has 30 heavy (non-hydrogen) atoms. The minimum Gasteiger partial charge on any atom is -0.485 e. The molecule has 1 saturated heterocycles. The molecule has 1 aromatic rings. The fraction of sp³-hybridized carbons (Fsp3) is 0.652. The van der Waals surface area contributed by atoms with Crippen molar-refractivity contribution in [1.82, 2.24) is 10.6 Å². The van der Waals surface area contributed by atoms with Gasteiger partial charge in [-0.15, -0.1) is 0 Å². The highest BCUT2D eigenvalue weighted by atomic mass is 16.6. The molecule has 2 N–H and O–H groups in total. The Bertz CT molecular complexity index is 829. The van der Waals surface area contributed by atoms with Crippen molar-refractivity contribution in [2.75, 3.05) is 13.1 Å². The van der Waals surface area contributed by atoms with Crippen molar-refractivity contribution in [1.29, 1.82) is 0 Å². The van der Waals surface area contributed by atoms with Gasteiger partial charge in [-0.05, 0) is 72.7 Å². The van der Waals surface area contributed by atoms with Crippen LogP contribution in [0.5, 0.6) is 5.75 Å². The zero-order valence-electron chi connectivity index (χ0n) is 19.1. The molecule has 0 bridgehead atoms. The van der Waals surface area contributed by atoms with Crippen molar-refractivity contribution in [3.63, 3.8) is 0 Å². The summed E-state index contributed by atoms with van der Waals surface area (Å²) >= 11 is 0. The molecule has 1 fully saturated rings. The van der Waals surface area contributed by atoms with E-state index in [0.29, 0.717) is 24.3 Å². The molecular weight excluding hydrogens is 384 g/mol. The van der Waals surface area contributed by atoms with Crippen molar-refractivity contribution < 1.29 is 23.8 Å². The van der Waals surface area contributed by atoms with Crippen LogP contribution in [-0.4, -0.2) is 42.0 Å². The van der Waals surface area contributed by atoms with E-state index in [9.17, 15) is 9.59 Å². The summed E-state index contributed by atoms with van der Waals surface area (Å²) < 4.78 is 17.5. The van der Waals surface area contributed by atoms with Crippen LogP contribution in [0.25, 0.3) is 0 Å². The first-order valence-electron chi connectivity index (χ1n) is 10.5. The number of nitrogens with one attached hydrogen (secondary N) is 2. The molecular formula is C23H34N2O5. The fourth-order valence-electron chi connectivity index (χ4n) is 4.06. The Morgan fingerprint density at radius 1 is 1.13 bits per heavy atom. The Balaban J connectivity index is 1.95. The topological polar surface area (TPSA) is 85.9 Å². The van der Waals surface area contributed by atoms with E-state index in [1.54, 1.807) is 12.1 Å². The number of ether oxygens (including phenoxy) is 3. The van der Waals surface area contributed by atoms with Gasteiger partial charge in [0.25, 0.3) is 0 Å². The Hall–Kier alpha value is -2.28. The molecule has 2 aliphatic rings.